The van der Waals surface area contributed by atoms with Crippen LogP contribution in [0.3, 0.4) is 0 Å². The van der Waals surface area contributed by atoms with Crippen LogP contribution in [0.2, 0.25) is 0 Å². The highest BCUT2D eigenvalue weighted by Gasteiger charge is 2.36. The number of rotatable bonds is 1. The van der Waals surface area contributed by atoms with Gasteiger partial charge >= 0.3 is 5.97 Å². The van der Waals surface area contributed by atoms with Gasteiger partial charge in [0.15, 0.2) is 0 Å². The Morgan fingerprint density at radius 2 is 1.97 bits per heavy atom. The summed E-state index contributed by atoms with van der Waals surface area (Å²) in [5.74, 6) is -0.984. The largest absolute Gasteiger partial charge is 0.460 e. The van der Waals surface area contributed by atoms with Gasteiger partial charge in [0.05, 0.1) is 54.0 Å². The number of cyclic esters (lactones) is 1. The molecule has 0 bridgehead atoms. The molecule has 0 spiro atoms. The summed E-state index contributed by atoms with van der Waals surface area (Å²) in [5.41, 5.74) is 11.0. The quantitative estimate of drug-likeness (QED) is 0.271. The van der Waals surface area contributed by atoms with Crippen molar-refractivity contribution in [2.45, 2.75) is 39.8 Å². The van der Waals surface area contributed by atoms with E-state index in [2.05, 4.69) is 5.32 Å². The van der Waals surface area contributed by atoms with Gasteiger partial charge in [-0.1, -0.05) is 32.0 Å². The van der Waals surface area contributed by atoms with Crippen LogP contribution in [-0.2, 0) is 32.2 Å². The van der Waals surface area contributed by atoms with Gasteiger partial charge in [-0.2, -0.15) is 0 Å². The number of para-hydroxylation sites is 1. The Balaban J connectivity index is 0.000000290. The molecular weight excluding hydrogens is 462 g/mol. The molecule has 0 aliphatic carbocycles. The third-order valence-electron chi connectivity index (χ3n) is 6.31. The number of anilines is 1. The van der Waals surface area contributed by atoms with Gasteiger partial charge in [0, 0.05) is 34.8 Å². The maximum Gasteiger partial charge on any atom is 0.313 e. The monoisotopic (exact) mass is 493 g/mol. The fraction of sp³-hybridized carbons (Fsp3) is 0.385. The van der Waals surface area contributed by atoms with E-state index in [1.54, 1.807) is 11.5 Å². The standard InChI is InChI=1S/C20H16N4O3.C4H9NO2.C2H6/c1-9-15-13(8-27-20(9)26)19(25)24-7-12-11(6-21)10-4-2-3-5-14(10)23-17(12)18(24)16(15)22;1-2-6-4-7-3-5-1;1-2/h2-6,9,21H,7-8,22H2,1H3;5H,1-4H2;1-2H3. The average molecular weight is 494 g/mol. The van der Waals surface area contributed by atoms with E-state index < -0.39 is 5.92 Å². The molecule has 3 aliphatic heterocycles. The first-order valence-corrected chi connectivity index (χ1v) is 12.0. The average Bonchev–Trinajstić information content (AvgIpc) is 3.07. The van der Waals surface area contributed by atoms with E-state index in [9.17, 15) is 9.59 Å². The zero-order valence-electron chi connectivity index (χ0n) is 20.7. The van der Waals surface area contributed by atoms with Gasteiger partial charge in [-0.25, -0.2) is 4.98 Å². The lowest BCUT2D eigenvalue weighted by atomic mass is 9.91. The summed E-state index contributed by atoms with van der Waals surface area (Å²) in [5, 5.41) is 11.8. The number of nitrogens with two attached hydrogens (primary N) is 1. The van der Waals surface area contributed by atoms with Crippen molar-refractivity contribution in [1.82, 2.24) is 14.9 Å². The van der Waals surface area contributed by atoms with E-state index >= 15 is 0 Å². The Labute approximate surface area is 208 Å². The number of nitrogens with zero attached hydrogens (tertiary/aromatic N) is 2. The summed E-state index contributed by atoms with van der Waals surface area (Å²) in [6, 6.07) is 7.57. The van der Waals surface area contributed by atoms with Gasteiger partial charge in [-0.15, -0.1) is 0 Å². The Hall–Kier alpha value is -3.60. The summed E-state index contributed by atoms with van der Waals surface area (Å²) in [4.78, 5) is 29.9. The van der Waals surface area contributed by atoms with Gasteiger partial charge in [0.2, 0.25) is 0 Å². The molecule has 3 aliphatic rings. The number of nitrogen functional groups attached to an aromatic ring is 1. The maximum atomic E-state index is 13.1. The predicted molar refractivity (Wildman–Crippen MR) is 137 cm³/mol. The van der Waals surface area contributed by atoms with Crippen LogP contribution in [0, 0.1) is 5.41 Å². The third kappa shape index (κ3) is 4.39. The minimum atomic E-state index is -0.598. The van der Waals surface area contributed by atoms with Gasteiger partial charge in [0.1, 0.15) is 13.4 Å². The Kier molecular flexibility index (Phi) is 7.78. The molecular formula is C26H31N5O5. The summed E-state index contributed by atoms with van der Waals surface area (Å²) in [6.07, 6.45) is 1.30. The fourth-order valence-corrected chi connectivity index (χ4v) is 4.65. The molecule has 6 rings (SSSR count). The van der Waals surface area contributed by atoms with E-state index in [1.807, 2.05) is 38.1 Å². The second-order valence-electron chi connectivity index (χ2n) is 8.26. The van der Waals surface area contributed by atoms with Crippen LogP contribution in [0.4, 0.5) is 5.69 Å². The van der Waals surface area contributed by atoms with Gasteiger partial charge in [-0.05, 0) is 13.0 Å². The third-order valence-corrected chi connectivity index (χ3v) is 6.31. The lowest BCUT2D eigenvalue weighted by Crippen LogP contribution is -2.33. The molecule has 3 aromatic rings. The molecule has 10 nitrogen and oxygen atoms in total. The highest BCUT2D eigenvalue weighted by molar-refractivity contribution is 6.02. The van der Waals surface area contributed by atoms with Crippen LogP contribution in [-0.4, -0.2) is 48.4 Å². The highest BCUT2D eigenvalue weighted by atomic mass is 16.7. The van der Waals surface area contributed by atoms with Crippen molar-refractivity contribution in [3.8, 4) is 11.4 Å². The van der Waals surface area contributed by atoms with Crippen LogP contribution in [0.15, 0.2) is 29.1 Å². The summed E-state index contributed by atoms with van der Waals surface area (Å²) in [6.45, 7) is 8.66. The zero-order valence-corrected chi connectivity index (χ0v) is 20.7. The summed E-state index contributed by atoms with van der Waals surface area (Å²) >= 11 is 0. The van der Waals surface area contributed by atoms with Gasteiger partial charge < -0.3 is 29.9 Å². The number of carbonyl (C=O) groups excluding carboxylic acids is 1. The molecule has 0 saturated carbocycles. The molecule has 1 unspecified atom stereocenters. The van der Waals surface area contributed by atoms with E-state index in [-0.39, 0.29) is 18.1 Å². The molecule has 1 saturated heterocycles. The van der Waals surface area contributed by atoms with Crippen molar-refractivity contribution in [2.24, 2.45) is 0 Å². The first-order valence-electron chi connectivity index (χ1n) is 12.0. The molecule has 1 fully saturated rings. The van der Waals surface area contributed by atoms with Gasteiger partial charge in [0.25, 0.3) is 5.56 Å². The second-order valence-corrected chi connectivity index (χ2v) is 8.26. The van der Waals surface area contributed by atoms with Crippen LogP contribution in [0.1, 0.15) is 48.9 Å². The first-order chi connectivity index (χ1) is 17.5. The Bertz CT molecular complexity index is 1350. The van der Waals surface area contributed by atoms with Crippen molar-refractivity contribution in [3.05, 3.63) is 56.9 Å². The smallest absolute Gasteiger partial charge is 0.313 e. The lowest BCUT2D eigenvalue weighted by molar-refractivity contribution is -0.147. The Morgan fingerprint density at radius 3 is 2.75 bits per heavy atom. The predicted octanol–water partition coefficient (Wildman–Crippen LogP) is 2.73. The second kappa shape index (κ2) is 11.0. The minimum Gasteiger partial charge on any atom is -0.460 e. The number of pyridine rings is 2. The van der Waals surface area contributed by atoms with Crippen molar-refractivity contribution < 1.29 is 19.0 Å². The molecule has 1 atom stereocenters. The molecule has 2 aromatic heterocycles. The van der Waals surface area contributed by atoms with E-state index in [1.165, 1.54) is 6.21 Å². The van der Waals surface area contributed by atoms with Crippen LogP contribution < -0.4 is 16.6 Å². The highest BCUT2D eigenvalue weighted by Crippen LogP contribution is 2.42. The van der Waals surface area contributed by atoms with Crippen LogP contribution in [0.5, 0.6) is 0 Å². The van der Waals surface area contributed by atoms with Gasteiger partial charge in [-0.3, -0.25) is 14.9 Å². The van der Waals surface area contributed by atoms with Crippen molar-refractivity contribution in [2.75, 3.05) is 32.4 Å². The molecule has 4 N–H and O–H groups in total. The number of hydrogen-bond donors (Lipinski definition) is 3. The van der Waals surface area contributed by atoms with E-state index in [4.69, 9.17) is 30.3 Å². The molecule has 10 heteroatoms. The maximum absolute atomic E-state index is 13.1. The van der Waals surface area contributed by atoms with Crippen LogP contribution >= 0.6 is 0 Å². The number of fused-ring (bicyclic) bond motifs is 5. The topological polar surface area (TPSA) is 142 Å². The summed E-state index contributed by atoms with van der Waals surface area (Å²) in [7, 11) is 0. The number of esters is 1. The van der Waals surface area contributed by atoms with E-state index in [0.29, 0.717) is 48.3 Å². The van der Waals surface area contributed by atoms with E-state index in [0.717, 1.165) is 35.2 Å². The number of ether oxygens (including phenoxy) is 3. The molecule has 36 heavy (non-hydrogen) atoms. The lowest BCUT2D eigenvalue weighted by Gasteiger charge is -2.24. The van der Waals surface area contributed by atoms with Crippen molar-refractivity contribution in [1.29, 1.82) is 5.41 Å². The molecule has 0 amide bonds. The van der Waals surface area contributed by atoms with Crippen LogP contribution in [0.25, 0.3) is 22.3 Å². The minimum absolute atomic E-state index is 0.0645. The molecule has 0 radical (unpaired) electrons. The normalized spacial score (nSPS) is 17.8. The fourth-order valence-electron chi connectivity index (χ4n) is 4.65. The Morgan fingerprint density at radius 1 is 1.19 bits per heavy atom. The number of aromatic nitrogens is 2. The number of nitrogens with one attached hydrogen (secondary N) is 2. The molecule has 190 valence electrons. The zero-order chi connectivity index (χ0) is 25.8. The molecule has 5 heterocycles. The molecule has 1 aromatic carbocycles. The number of carbonyl (C=O) groups is 1. The number of hydrogen-bond acceptors (Lipinski definition) is 9. The SMILES string of the molecule is C1COCOCN1.CC.CC1C(=O)OCc2c1c(N)c1n(c2=O)Cc2c-1nc1ccccc1c2C=N. The summed E-state index contributed by atoms with van der Waals surface area (Å²) < 4.78 is 16.5. The first kappa shape index (κ1) is 25.5. The number of benzene rings is 1. The van der Waals surface area contributed by atoms with Crippen molar-refractivity contribution >= 4 is 28.8 Å². The van der Waals surface area contributed by atoms with Crippen molar-refractivity contribution in [3.63, 3.8) is 0 Å².